The normalized spacial score (nSPS) is 55.0. The monoisotopic (exact) mass is 1270 g/mol. The smallest absolute Gasteiger partial charge is 0.314 e. The molecule has 6 heterocycles. The minimum Gasteiger partial charge on any atom is -0.432 e. The molecular weight excluding hydrogens is 1180 g/mol. The van der Waals surface area contributed by atoms with Crippen molar-refractivity contribution in [2.75, 3.05) is 33.0 Å². The lowest BCUT2D eigenvalue weighted by molar-refractivity contribution is -0.396. The number of carbonyl (C=O) groups is 1. The molecule has 0 aromatic carbocycles. The van der Waals surface area contributed by atoms with Gasteiger partial charge in [0.15, 0.2) is 37.6 Å². The summed E-state index contributed by atoms with van der Waals surface area (Å²) in [7, 11) is 0. The van der Waals surface area contributed by atoms with E-state index in [-0.39, 0.29) is 12.3 Å². The standard InChI is InChI=1S/C56H90O32/c1-19-12-55-10-6-26-53(3,27(55)7-11-56(19,18-55)88-51-44(37(71)32(66)24(16-60)82-51)85-48-40(74)36(70)31(65)23(15-59)80-48)8-5-9-54(26,4)52(76)87-50-45(43(33(67)25(17-61)81-50)84-47-39(73)35(69)30(64)22(14-58)79-47)86-49-41(75)42(28(62)20(2)77-49)83-46-38(72)34(68)29(63)21(13-57)78-46/h20-51,57-75H,1,5-18H2,2-4H3/t20?,21?,22?,23?,24?,25?,26-,27-,28?,29?,30?,31?,32?,33?,34?,35?,36?,37?,38?,39?,40?,41?,42?,43?,44?,45?,46?,47?,48?,49?,50?,51?,53+,54+,55+,56?/m0/s1. The second kappa shape index (κ2) is 26.7. The molecule has 0 radical (unpaired) electrons. The number of hydrogen-bond donors (Lipinski definition) is 19. The minimum atomic E-state index is -2.12. The highest BCUT2D eigenvalue weighted by Crippen LogP contribution is 2.74. The van der Waals surface area contributed by atoms with Crippen LogP contribution in [-0.2, 0) is 61.6 Å². The number of hydrogen-bond acceptors (Lipinski definition) is 32. The van der Waals surface area contributed by atoms with Crippen molar-refractivity contribution in [2.24, 2.45) is 28.1 Å². The summed E-state index contributed by atoms with van der Waals surface area (Å²) in [6.45, 7) is 5.47. The number of carbonyl (C=O) groups excluding carboxylic acids is 1. The van der Waals surface area contributed by atoms with Crippen LogP contribution in [0.3, 0.4) is 0 Å². The third-order valence-electron chi connectivity index (χ3n) is 21.3. The van der Waals surface area contributed by atoms with Gasteiger partial charge < -0.3 is 154 Å². The number of rotatable bonds is 17. The summed E-state index contributed by atoms with van der Waals surface area (Å²) in [5.74, 6) is -1.34. The van der Waals surface area contributed by atoms with E-state index in [1.54, 1.807) is 6.92 Å². The zero-order valence-corrected chi connectivity index (χ0v) is 48.9. The summed E-state index contributed by atoms with van der Waals surface area (Å²) < 4.78 is 72.5. The average Bonchev–Trinajstić information content (AvgIpc) is 1.40. The highest BCUT2D eigenvalue weighted by atomic mass is 16.8. The van der Waals surface area contributed by atoms with Crippen LogP contribution in [0, 0.1) is 28.1 Å². The van der Waals surface area contributed by atoms with Gasteiger partial charge in [-0.25, -0.2) is 0 Å². The Balaban J connectivity index is 0.909. The van der Waals surface area contributed by atoms with Crippen molar-refractivity contribution < 1.29 is 159 Å². The van der Waals surface area contributed by atoms with E-state index in [1.165, 1.54) is 6.92 Å². The van der Waals surface area contributed by atoms with Gasteiger partial charge in [-0.15, -0.1) is 0 Å². The summed E-state index contributed by atoms with van der Waals surface area (Å²) in [6, 6.07) is 0. The van der Waals surface area contributed by atoms with E-state index in [0.717, 1.165) is 0 Å². The van der Waals surface area contributed by atoms with Crippen LogP contribution >= 0.6 is 0 Å². The fourth-order valence-electron chi connectivity index (χ4n) is 16.4. The number of aliphatic hydroxyl groups is 19. The van der Waals surface area contributed by atoms with Crippen molar-refractivity contribution >= 4 is 5.97 Å². The van der Waals surface area contributed by atoms with Crippen molar-refractivity contribution in [3.8, 4) is 0 Å². The van der Waals surface area contributed by atoms with Gasteiger partial charge in [0.2, 0.25) is 6.29 Å². The van der Waals surface area contributed by atoms with Crippen LogP contribution < -0.4 is 0 Å². The quantitative estimate of drug-likeness (QED) is 0.0365. The molecule has 31 unspecified atom stereocenters. The van der Waals surface area contributed by atoms with Crippen molar-refractivity contribution in [1.29, 1.82) is 0 Å². The summed E-state index contributed by atoms with van der Waals surface area (Å²) in [5.41, 5.74) is -2.90. The maximum absolute atomic E-state index is 15.5. The highest BCUT2D eigenvalue weighted by molar-refractivity contribution is 5.77. The molecule has 4 aliphatic carbocycles. The largest absolute Gasteiger partial charge is 0.432 e. The number of fused-ring (bicyclic) bond motifs is 3. The first-order chi connectivity index (χ1) is 41.6. The third kappa shape index (κ3) is 12.0. The van der Waals surface area contributed by atoms with E-state index < -0.39 is 251 Å². The maximum Gasteiger partial charge on any atom is 0.314 e. The molecule has 32 nitrogen and oxygen atoms in total. The van der Waals surface area contributed by atoms with Gasteiger partial charge in [-0.3, -0.25) is 4.79 Å². The molecule has 10 rings (SSSR count). The van der Waals surface area contributed by atoms with Gasteiger partial charge in [0, 0.05) is 0 Å². The van der Waals surface area contributed by atoms with Crippen LogP contribution in [-0.4, -0.2) is 326 Å². The van der Waals surface area contributed by atoms with E-state index >= 15 is 4.79 Å². The molecule has 6 aliphatic heterocycles. The molecule has 88 heavy (non-hydrogen) atoms. The molecule has 19 N–H and O–H groups in total. The molecule has 10 fully saturated rings. The Hall–Kier alpha value is -1.99. The second-order valence-corrected chi connectivity index (χ2v) is 26.4. The molecule has 4 saturated carbocycles. The van der Waals surface area contributed by atoms with Gasteiger partial charge in [-0.2, -0.15) is 0 Å². The zero-order valence-electron chi connectivity index (χ0n) is 48.9. The number of esters is 1. The third-order valence-corrected chi connectivity index (χ3v) is 21.3. The Morgan fingerprint density at radius 2 is 0.886 bits per heavy atom. The fraction of sp³-hybridized carbons (Fsp3) is 0.946. The fourth-order valence-corrected chi connectivity index (χ4v) is 16.4. The van der Waals surface area contributed by atoms with Crippen molar-refractivity contribution in [2.45, 2.75) is 268 Å². The molecular formula is C56H90O32. The highest BCUT2D eigenvalue weighted by Gasteiger charge is 2.70. The molecule has 0 aromatic rings. The maximum atomic E-state index is 15.5. The molecule has 6 saturated heterocycles. The Labute approximate surface area is 505 Å². The molecule has 2 bridgehead atoms. The molecule has 0 aromatic heterocycles. The summed E-state index contributed by atoms with van der Waals surface area (Å²) >= 11 is 0. The van der Waals surface area contributed by atoms with Crippen LogP contribution in [0.2, 0.25) is 0 Å². The molecule has 506 valence electrons. The lowest BCUT2D eigenvalue weighted by atomic mass is 9.41. The van der Waals surface area contributed by atoms with Crippen molar-refractivity contribution in [3.05, 3.63) is 12.2 Å². The zero-order chi connectivity index (χ0) is 64.0. The molecule has 1 spiro atoms. The van der Waals surface area contributed by atoms with Gasteiger partial charge in [-0.05, 0) is 93.5 Å². The van der Waals surface area contributed by atoms with Gasteiger partial charge >= 0.3 is 5.97 Å². The van der Waals surface area contributed by atoms with Crippen LogP contribution in [0.1, 0.15) is 78.6 Å². The van der Waals surface area contributed by atoms with E-state index in [1.807, 2.05) is 0 Å². The Kier molecular flexibility index (Phi) is 20.9. The Morgan fingerprint density at radius 3 is 1.41 bits per heavy atom. The van der Waals surface area contributed by atoms with E-state index in [2.05, 4.69) is 13.5 Å². The lowest BCUT2D eigenvalue weighted by Gasteiger charge is -2.64. The average molecular weight is 1280 g/mol. The number of aliphatic hydroxyl groups excluding tert-OH is 19. The minimum absolute atomic E-state index is 0.0964. The molecule has 10 aliphatic rings. The van der Waals surface area contributed by atoms with Crippen molar-refractivity contribution in [1.82, 2.24) is 0 Å². The topological polar surface area (TPSA) is 512 Å². The van der Waals surface area contributed by atoms with Crippen LogP contribution in [0.4, 0.5) is 0 Å². The summed E-state index contributed by atoms with van der Waals surface area (Å²) in [4.78, 5) is 15.5. The van der Waals surface area contributed by atoms with E-state index in [4.69, 9.17) is 56.8 Å². The van der Waals surface area contributed by atoms with Crippen molar-refractivity contribution in [3.63, 3.8) is 0 Å². The number of ether oxygens (including phenoxy) is 12. The summed E-state index contributed by atoms with van der Waals surface area (Å²) in [6.07, 6.45) is -49.8. The SMILES string of the molecule is C=C1C[C@@]23CC[C@H]4[C@@](C)(CCC[C@@]4(C)C(=O)OC4OC(CO)C(O)C(OC5OC(CO)C(O)C(O)C5O)C4OC4OC(C)C(O)C(OC5OC(CO)C(O)C(O)C5O)C4O)[C@@H]2CCC1(OC1OC(CO)C(O)C(O)C1OC1OC(CO)C(O)C(O)C1O)C3. The molecule has 0 amide bonds. The van der Waals surface area contributed by atoms with E-state index in [9.17, 15) is 97.0 Å². The Morgan fingerprint density at radius 1 is 0.455 bits per heavy atom. The van der Waals surface area contributed by atoms with Crippen LogP contribution in [0.25, 0.3) is 0 Å². The van der Waals surface area contributed by atoms with Gasteiger partial charge in [0.1, 0.15) is 134 Å². The van der Waals surface area contributed by atoms with Crippen LogP contribution in [0.15, 0.2) is 12.2 Å². The predicted molar refractivity (Wildman–Crippen MR) is 283 cm³/mol. The first kappa shape index (κ1) is 68.9. The molecule has 36 atom stereocenters. The van der Waals surface area contributed by atoms with Gasteiger partial charge in [0.25, 0.3) is 0 Å². The second-order valence-electron chi connectivity index (χ2n) is 26.4. The summed E-state index contributed by atoms with van der Waals surface area (Å²) in [5, 5.41) is 205. The van der Waals surface area contributed by atoms with E-state index in [0.29, 0.717) is 56.9 Å². The predicted octanol–water partition coefficient (Wildman–Crippen LogP) is -8.44. The first-order valence-corrected chi connectivity index (χ1v) is 30.3. The van der Waals surface area contributed by atoms with Gasteiger partial charge in [-0.1, -0.05) is 19.9 Å². The molecule has 32 heteroatoms. The first-order valence-electron chi connectivity index (χ1n) is 30.3. The van der Waals surface area contributed by atoms with Gasteiger partial charge in [0.05, 0.1) is 50.2 Å². The van der Waals surface area contributed by atoms with Crippen LogP contribution in [0.5, 0.6) is 0 Å². The lowest BCUT2D eigenvalue weighted by Crippen LogP contribution is -2.68. The Bertz CT molecular complexity index is 2380.